The molecule has 3 N–H and O–H groups in total. The van der Waals surface area contributed by atoms with Crippen LogP contribution in [-0.2, 0) is 14.3 Å². The molecule has 6 nitrogen and oxygen atoms in total. The number of hydrogen-bond donors (Lipinski definition) is 3. The molecule has 0 heterocycles. The minimum atomic E-state index is -0.668. The lowest BCUT2D eigenvalue weighted by Crippen LogP contribution is -2.45. The second-order valence-electron chi connectivity index (χ2n) is 20.3. The molecule has 0 saturated heterocycles. The Kier molecular flexibility index (Phi) is 54.0. The number of amides is 1. The normalized spacial score (nSPS) is 12.6. The van der Waals surface area contributed by atoms with Crippen molar-refractivity contribution in [2.75, 3.05) is 13.2 Å². The van der Waals surface area contributed by atoms with Crippen LogP contribution >= 0.6 is 0 Å². The van der Waals surface area contributed by atoms with Crippen molar-refractivity contribution in [2.24, 2.45) is 0 Å². The molecule has 2 unspecified atom stereocenters. The number of carbonyl (C=O) groups is 2. The highest BCUT2D eigenvalue weighted by molar-refractivity contribution is 5.76. The quantitative estimate of drug-likeness (QED) is 0.0321. The van der Waals surface area contributed by atoms with Gasteiger partial charge in [-0.3, -0.25) is 9.59 Å². The molecule has 0 rings (SSSR count). The van der Waals surface area contributed by atoms with Crippen molar-refractivity contribution in [1.82, 2.24) is 5.32 Å². The lowest BCUT2D eigenvalue weighted by Gasteiger charge is -2.22. The van der Waals surface area contributed by atoms with Gasteiger partial charge in [-0.25, -0.2) is 0 Å². The van der Waals surface area contributed by atoms with E-state index < -0.39 is 12.1 Å². The molecule has 65 heavy (non-hydrogen) atoms. The Hall–Kier alpha value is -1.40. The molecule has 0 spiro atoms. The number of aliphatic hydroxyl groups excluding tert-OH is 2. The molecule has 6 heteroatoms. The van der Waals surface area contributed by atoms with Crippen molar-refractivity contribution in [2.45, 2.75) is 341 Å². The Labute approximate surface area is 406 Å². The minimum absolute atomic E-state index is 0.00872. The van der Waals surface area contributed by atoms with Gasteiger partial charge >= 0.3 is 5.97 Å². The lowest BCUT2D eigenvalue weighted by atomic mass is 10.0. The number of hydrogen-bond acceptors (Lipinski definition) is 5. The molecule has 0 aliphatic rings. The van der Waals surface area contributed by atoms with Crippen LogP contribution in [0, 0.1) is 0 Å². The van der Waals surface area contributed by atoms with Crippen LogP contribution in [0.5, 0.6) is 0 Å². The molecular weight excluding hydrogens is 803 g/mol. The zero-order valence-corrected chi connectivity index (χ0v) is 44.0. The summed E-state index contributed by atoms with van der Waals surface area (Å²) in [4.78, 5) is 24.5. The molecule has 386 valence electrons. The number of aliphatic hydroxyl groups is 2. The van der Waals surface area contributed by atoms with Crippen molar-refractivity contribution in [3.05, 3.63) is 12.2 Å². The summed E-state index contributed by atoms with van der Waals surface area (Å²) in [5.74, 6) is -0.0357. The van der Waals surface area contributed by atoms with Crippen molar-refractivity contribution in [1.29, 1.82) is 0 Å². The first kappa shape index (κ1) is 63.6. The monoisotopic (exact) mass is 918 g/mol. The molecule has 0 aliphatic heterocycles. The standard InChI is InChI=1S/C59H115NO5/c1-3-5-7-9-11-13-15-16-17-18-23-26-29-33-37-41-45-49-53-59(64)65-54-50-46-42-38-34-30-27-24-21-19-20-22-25-28-32-36-40-44-48-52-58(63)60-56(55-61)57(62)51-47-43-39-35-31-14-12-10-8-6-4-2/h19-20,56-57,61-62H,3-18,21-55H2,1-2H3,(H,60,63)/b20-19-. The molecule has 0 aliphatic carbocycles. The number of ether oxygens (including phenoxy) is 1. The summed E-state index contributed by atoms with van der Waals surface area (Å²) in [7, 11) is 0. The second kappa shape index (κ2) is 55.2. The fraction of sp³-hybridized carbons (Fsp3) is 0.932. The van der Waals surface area contributed by atoms with Crippen LogP contribution in [0.4, 0.5) is 0 Å². The maximum absolute atomic E-state index is 12.4. The topological polar surface area (TPSA) is 95.9 Å². The summed E-state index contributed by atoms with van der Waals surface area (Å²) in [6, 6.07) is -0.546. The van der Waals surface area contributed by atoms with Gasteiger partial charge in [0.15, 0.2) is 0 Å². The smallest absolute Gasteiger partial charge is 0.305 e. The van der Waals surface area contributed by atoms with E-state index in [1.807, 2.05) is 0 Å². The Morgan fingerprint density at radius 2 is 0.723 bits per heavy atom. The van der Waals surface area contributed by atoms with Gasteiger partial charge in [0.25, 0.3) is 0 Å². The van der Waals surface area contributed by atoms with Crippen LogP contribution in [0.15, 0.2) is 12.2 Å². The average Bonchev–Trinajstić information content (AvgIpc) is 3.31. The van der Waals surface area contributed by atoms with Gasteiger partial charge in [-0.1, -0.05) is 276 Å². The van der Waals surface area contributed by atoms with Gasteiger partial charge in [-0.15, -0.1) is 0 Å². The summed E-state index contributed by atoms with van der Waals surface area (Å²) < 4.78 is 5.49. The summed E-state index contributed by atoms with van der Waals surface area (Å²) in [5, 5.41) is 23.2. The van der Waals surface area contributed by atoms with E-state index in [0.717, 1.165) is 38.5 Å². The highest BCUT2D eigenvalue weighted by Crippen LogP contribution is 2.17. The number of rotatable bonds is 55. The molecule has 0 aromatic carbocycles. The molecule has 0 saturated carbocycles. The first-order valence-electron chi connectivity index (χ1n) is 29.4. The number of unbranched alkanes of at least 4 members (excludes halogenated alkanes) is 42. The zero-order valence-electron chi connectivity index (χ0n) is 44.0. The summed E-state index contributed by atoms with van der Waals surface area (Å²) in [6.07, 6.45) is 65.0. The minimum Gasteiger partial charge on any atom is -0.466 e. The fourth-order valence-corrected chi connectivity index (χ4v) is 9.28. The molecule has 0 fully saturated rings. The van der Waals surface area contributed by atoms with Crippen molar-refractivity contribution in [3.8, 4) is 0 Å². The predicted molar refractivity (Wildman–Crippen MR) is 283 cm³/mol. The third-order valence-corrected chi connectivity index (χ3v) is 13.8. The molecule has 2 atom stereocenters. The van der Waals surface area contributed by atoms with E-state index in [0.29, 0.717) is 25.9 Å². The number of esters is 1. The Bertz CT molecular complexity index is 970. The van der Waals surface area contributed by atoms with Gasteiger partial charge in [0, 0.05) is 12.8 Å². The van der Waals surface area contributed by atoms with Crippen LogP contribution in [0.3, 0.4) is 0 Å². The average molecular weight is 919 g/mol. The van der Waals surface area contributed by atoms with Gasteiger partial charge in [0.2, 0.25) is 5.91 Å². The van der Waals surface area contributed by atoms with Crippen LogP contribution in [0.1, 0.15) is 328 Å². The summed E-state index contributed by atoms with van der Waals surface area (Å²) >= 11 is 0. The first-order valence-corrected chi connectivity index (χ1v) is 29.4. The predicted octanol–water partition coefficient (Wildman–Crippen LogP) is 18.1. The number of nitrogens with one attached hydrogen (secondary N) is 1. The molecule has 0 radical (unpaired) electrons. The Balaban J connectivity index is 3.39. The largest absolute Gasteiger partial charge is 0.466 e. The Morgan fingerprint density at radius 3 is 1.09 bits per heavy atom. The third-order valence-electron chi connectivity index (χ3n) is 13.8. The van der Waals surface area contributed by atoms with Gasteiger partial charge in [-0.2, -0.15) is 0 Å². The second-order valence-corrected chi connectivity index (χ2v) is 20.3. The van der Waals surface area contributed by atoms with E-state index in [-0.39, 0.29) is 18.5 Å². The van der Waals surface area contributed by atoms with Gasteiger partial charge in [0.05, 0.1) is 25.4 Å². The van der Waals surface area contributed by atoms with E-state index in [4.69, 9.17) is 4.74 Å². The SMILES string of the molecule is CCCCCCCCCCCCCCCCCCCCC(=O)OCCCCCCCCCC/C=C\CCCCCCCCCC(=O)NC(CO)C(O)CCCCCCCCCCCCC. The first-order chi connectivity index (χ1) is 32.0. The fourth-order valence-electron chi connectivity index (χ4n) is 9.28. The molecular formula is C59H115NO5. The van der Waals surface area contributed by atoms with Crippen LogP contribution < -0.4 is 5.32 Å². The maximum atomic E-state index is 12.4. The molecule has 0 aromatic heterocycles. The van der Waals surface area contributed by atoms with Gasteiger partial charge < -0.3 is 20.3 Å². The number of allylic oxidation sites excluding steroid dienone is 2. The molecule has 0 bridgehead atoms. The summed E-state index contributed by atoms with van der Waals surface area (Å²) in [6.45, 7) is 4.95. The highest BCUT2D eigenvalue weighted by atomic mass is 16.5. The third kappa shape index (κ3) is 51.8. The number of carbonyl (C=O) groups excluding carboxylic acids is 2. The van der Waals surface area contributed by atoms with Crippen molar-refractivity contribution in [3.63, 3.8) is 0 Å². The molecule has 1 amide bonds. The molecule has 0 aromatic rings. The van der Waals surface area contributed by atoms with Crippen molar-refractivity contribution < 1.29 is 24.5 Å². The lowest BCUT2D eigenvalue weighted by molar-refractivity contribution is -0.143. The van der Waals surface area contributed by atoms with Gasteiger partial charge in [-0.05, 0) is 51.4 Å². The van der Waals surface area contributed by atoms with Crippen LogP contribution in [0.25, 0.3) is 0 Å². The van der Waals surface area contributed by atoms with E-state index in [2.05, 4.69) is 31.3 Å². The van der Waals surface area contributed by atoms with E-state index in [1.54, 1.807) is 0 Å². The van der Waals surface area contributed by atoms with Crippen molar-refractivity contribution >= 4 is 11.9 Å². The summed E-state index contributed by atoms with van der Waals surface area (Å²) in [5.41, 5.74) is 0. The highest BCUT2D eigenvalue weighted by Gasteiger charge is 2.20. The zero-order chi connectivity index (χ0) is 47.2. The van der Waals surface area contributed by atoms with Gasteiger partial charge in [0.1, 0.15) is 0 Å². The Morgan fingerprint density at radius 1 is 0.415 bits per heavy atom. The van der Waals surface area contributed by atoms with E-state index in [1.165, 1.54) is 257 Å². The maximum Gasteiger partial charge on any atom is 0.305 e. The van der Waals surface area contributed by atoms with Crippen LogP contribution in [-0.4, -0.2) is 47.4 Å². The van der Waals surface area contributed by atoms with E-state index in [9.17, 15) is 19.8 Å². The van der Waals surface area contributed by atoms with E-state index >= 15 is 0 Å². The van der Waals surface area contributed by atoms with Crippen LogP contribution in [0.2, 0.25) is 0 Å².